The van der Waals surface area contributed by atoms with Crippen LogP contribution in [0.3, 0.4) is 0 Å². The van der Waals surface area contributed by atoms with E-state index in [2.05, 4.69) is 22.4 Å². The second-order valence-electron chi connectivity index (χ2n) is 6.15. The average Bonchev–Trinajstić information content (AvgIpc) is 2.51. The lowest BCUT2D eigenvalue weighted by Gasteiger charge is -2.33. The van der Waals surface area contributed by atoms with Gasteiger partial charge in [-0.1, -0.05) is 31.2 Å². The molecule has 3 rings (SSSR count). The number of anilines is 1. The van der Waals surface area contributed by atoms with Gasteiger partial charge in [-0.2, -0.15) is 0 Å². The molecule has 1 aromatic heterocycles. The summed E-state index contributed by atoms with van der Waals surface area (Å²) in [6, 6.07) is 8.21. The Morgan fingerprint density at radius 1 is 1.32 bits per heavy atom. The quantitative estimate of drug-likeness (QED) is 0.921. The minimum absolute atomic E-state index is 0.0927. The van der Waals surface area contributed by atoms with Gasteiger partial charge in [-0.15, -0.1) is 0 Å². The van der Waals surface area contributed by atoms with Crippen molar-refractivity contribution in [1.29, 1.82) is 0 Å². The number of aryl methyl sites for hydroxylation is 2. The van der Waals surface area contributed by atoms with Gasteiger partial charge < -0.3 is 9.88 Å². The molecule has 0 saturated carbocycles. The molecule has 1 aromatic carbocycles. The van der Waals surface area contributed by atoms with Crippen LogP contribution in [0.2, 0.25) is 0 Å². The summed E-state index contributed by atoms with van der Waals surface area (Å²) < 4.78 is 1.40. The van der Waals surface area contributed by atoms with E-state index in [1.165, 1.54) is 21.9 Å². The molecule has 1 heterocycles. The molecule has 5 nitrogen and oxygen atoms in total. The Morgan fingerprint density at radius 3 is 2.82 bits per heavy atom. The predicted molar refractivity (Wildman–Crippen MR) is 84.7 cm³/mol. The summed E-state index contributed by atoms with van der Waals surface area (Å²) in [5, 5.41) is 2.71. The standard InChI is InChI=1S/C17H19N3O2/c1-17(8-7-12-5-3-4-6-13(12)11-17)16(22)19-14-15(21)20(2)10-9-18-14/h3-6,9-10H,7-8,11H2,1-2H3,(H,18,19,22). The predicted octanol–water partition coefficient (Wildman–Crippen LogP) is 1.91. The lowest BCUT2D eigenvalue weighted by Crippen LogP contribution is -2.40. The maximum atomic E-state index is 12.7. The number of carbonyl (C=O) groups excluding carboxylic acids is 1. The second-order valence-corrected chi connectivity index (χ2v) is 6.15. The van der Waals surface area contributed by atoms with E-state index in [1.807, 2.05) is 19.1 Å². The first kappa shape index (κ1) is 14.5. The number of hydrogen-bond acceptors (Lipinski definition) is 3. The Kier molecular flexibility index (Phi) is 3.56. The van der Waals surface area contributed by atoms with E-state index in [0.717, 1.165) is 12.8 Å². The van der Waals surface area contributed by atoms with Crippen LogP contribution in [0.1, 0.15) is 24.5 Å². The van der Waals surface area contributed by atoms with Crippen molar-refractivity contribution >= 4 is 11.7 Å². The molecule has 0 saturated heterocycles. The van der Waals surface area contributed by atoms with Crippen LogP contribution in [0, 0.1) is 5.41 Å². The molecule has 22 heavy (non-hydrogen) atoms. The van der Waals surface area contributed by atoms with Gasteiger partial charge in [-0.05, 0) is 30.4 Å². The zero-order valence-corrected chi connectivity index (χ0v) is 12.8. The number of benzene rings is 1. The van der Waals surface area contributed by atoms with Crippen LogP contribution in [0.15, 0.2) is 41.5 Å². The van der Waals surface area contributed by atoms with E-state index in [-0.39, 0.29) is 17.3 Å². The van der Waals surface area contributed by atoms with Gasteiger partial charge in [0.1, 0.15) is 0 Å². The summed E-state index contributed by atoms with van der Waals surface area (Å²) in [5.41, 5.74) is 1.70. The van der Waals surface area contributed by atoms with Gasteiger partial charge in [-0.25, -0.2) is 4.98 Å². The molecule has 1 N–H and O–H groups in total. The smallest absolute Gasteiger partial charge is 0.293 e. The molecule has 114 valence electrons. The number of rotatable bonds is 2. The molecule has 1 aliphatic rings. The fraction of sp³-hybridized carbons (Fsp3) is 0.353. The number of nitrogens with one attached hydrogen (secondary N) is 1. The van der Waals surface area contributed by atoms with Gasteiger partial charge in [0.05, 0.1) is 5.41 Å². The molecule has 0 radical (unpaired) electrons. The maximum Gasteiger partial charge on any atom is 0.293 e. The summed E-state index contributed by atoms with van der Waals surface area (Å²) in [5.74, 6) is -0.0483. The van der Waals surface area contributed by atoms with E-state index < -0.39 is 5.41 Å². The van der Waals surface area contributed by atoms with Crippen LogP contribution in [0.5, 0.6) is 0 Å². The Hall–Kier alpha value is -2.43. The van der Waals surface area contributed by atoms with Crippen molar-refractivity contribution in [3.63, 3.8) is 0 Å². The van der Waals surface area contributed by atoms with Crippen LogP contribution in [0.25, 0.3) is 0 Å². The van der Waals surface area contributed by atoms with Crippen molar-refractivity contribution < 1.29 is 4.79 Å². The zero-order valence-electron chi connectivity index (χ0n) is 12.8. The Bertz CT molecular complexity index is 781. The normalized spacial score (nSPS) is 20.3. The highest BCUT2D eigenvalue weighted by Gasteiger charge is 2.37. The van der Waals surface area contributed by atoms with E-state index in [1.54, 1.807) is 13.2 Å². The highest BCUT2D eigenvalue weighted by Crippen LogP contribution is 2.35. The van der Waals surface area contributed by atoms with E-state index in [0.29, 0.717) is 6.42 Å². The molecule has 1 amide bonds. The van der Waals surface area contributed by atoms with Crippen molar-refractivity contribution in [2.24, 2.45) is 12.5 Å². The van der Waals surface area contributed by atoms with Crippen LogP contribution in [0.4, 0.5) is 5.82 Å². The van der Waals surface area contributed by atoms with E-state index in [4.69, 9.17) is 0 Å². The van der Waals surface area contributed by atoms with Crippen LogP contribution in [-0.4, -0.2) is 15.5 Å². The Labute approximate surface area is 129 Å². The van der Waals surface area contributed by atoms with Crippen molar-refractivity contribution in [2.75, 3.05) is 5.32 Å². The molecular weight excluding hydrogens is 278 g/mol. The van der Waals surface area contributed by atoms with Crippen molar-refractivity contribution in [3.8, 4) is 0 Å². The van der Waals surface area contributed by atoms with Crippen molar-refractivity contribution in [1.82, 2.24) is 9.55 Å². The molecule has 0 bridgehead atoms. The molecule has 1 atom stereocenters. The average molecular weight is 297 g/mol. The first-order chi connectivity index (χ1) is 10.5. The lowest BCUT2D eigenvalue weighted by molar-refractivity contribution is -0.125. The fourth-order valence-corrected chi connectivity index (χ4v) is 2.93. The molecule has 1 aliphatic carbocycles. The minimum Gasteiger partial charge on any atom is -0.314 e. The molecule has 5 heteroatoms. The monoisotopic (exact) mass is 297 g/mol. The molecule has 0 spiro atoms. The molecule has 2 aromatic rings. The SMILES string of the molecule is Cn1ccnc(NC(=O)C2(C)CCc3ccccc3C2)c1=O. The van der Waals surface area contributed by atoms with Crippen molar-refractivity contribution in [2.45, 2.75) is 26.2 Å². The molecule has 0 aliphatic heterocycles. The summed E-state index contributed by atoms with van der Waals surface area (Å²) in [4.78, 5) is 28.6. The Morgan fingerprint density at radius 2 is 2.05 bits per heavy atom. The van der Waals surface area contributed by atoms with Gasteiger partial charge in [0.25, 0.3) is 5.56 Å². The van der Waals surface area contributed by atoms with Crippen LogP contribution < -0.4 is 10.9 Å². The number of carbonyl (C=O) groups is 1. The highest BCUT2D eigenvalue weighted by atomic mass is 16.2. The van der Waals surface area contributed by atoms with Gasteiger partial charge in [0.2, 0.25) is 5.91 Å². The molecule has 0 fully saturated rings. The lowest BCUT2D eigenvalue weighted by atomic mass is 9.72. The maximum absolute atomic E-state index is 12.7. The van der Waals surface area contributed by atoms with E-state index >= 15 is 0 Å². The largest absolute Gasteiger partial charge is 0.314 e. The number of nitrogens with zero attached hydrogens (tertiary/aromatic N) is 2. The first-order valence-electron chi connectivity index (χ1n) is 7.39. The molecular formula is C17H19N3O2. The zero-order chi connectivity index (χ0) is 15.7. The number of fused-ring (bicyclic) bond motifs is 1. The molecule has 1 unspecified atom stereocenters. The third-order valence-corrected chi connectivity index (χ3v) is 4.44. The van der Waals surface area contributed by atoms with Gasteiger partial charge in [0, 0.05) is 19.4 Å². The number of aromatic nitrogens is 2. The Balaban J connectivity index is 1.84. The number of hydrogen-bond donors (Lipinski definition) is 1. The van der Waals surface area contributed by atoms with Gasteiger partial charge in [-0.3, -0.25) is 9.59 Å². The number of amides is 1. The first-order valence-corrected chi connectivity index (χ1v) is 7.39. The van der Waals surface area contributed by atoms with Crippen molar-refractivity contribution in [3.05, 3.63) is 58.1 Å². The second kappa shape index (κ2) is 5.40. The summed E-state index contributed by atoms with van der Waals surface area (Å²) >= 11 is 0. The van der Waals surface area contributed by atoms with E-state index in [9.17, 15) is 9.59 Å². The van der Waals surface area contributed by atoms with Crippen LogP contribution in [-0.2, 0) is 24.7 Å². The summed E-state index contributed by atoms with van der Waals surface area (Å²) in [7, 11) is 1.64. The topological polar surface area (TPSA) is 64.0 Å². The fourth-order valence-electron chi connectivity index (χ4n) is 2.93. The summed E-state index contributed by atoms with van der Waals surface area (Å²) in [6.45, 7) is 1.95. The third kappa shape index (κ3) is 2.54. The highest BCUT2D eigenvalue weighted by molar-refractivity contribution is 5.94. The third-order valence-electron chi connectivity index (χ3n) is 4.44. The van der Waals surface area contributed by atoms with Gasteiger partial charge in [0.15, 0.2) is 5.82 Å². The van der Waals surface area contributed by atoms with Gasteiger partial charge >= 0.3 is 0 Å². The summed E-state index contributed by atoms with van der Waals surface area (Å²) in [6.07, 6.45) is 5.40. The van der Waals surface area contributed by atoms with Crippen LogP contribution >= 0.6 is 0 Å². The minimum atomic E-state index is -0.517.